The average molecular weight is 397 g/mol. The number of piperidine rings is 1. The van der Waals surface area contributed by atoms with E-state index in [0.29, 0.717) is 25.1 Å². The Labute approximate surface area is 170 Å². The van der Waals surface area contributed by atoms with Gasteiger partial charge in [-0.15, -0.1) is 0 Å². The molecule has 2 aliphatic rings. The molecule has 8 nitrogen and oxygen atoms in total. The van der Waals surface area contributed by atoms with Crippen LogP contribution < -0.4 is 16.2 Å². The first-order chi connectivity index (χ1) is 14.1. The fourth-order valence-corrected chi connectivity index (χ4v) is 4.03. The van der Waals surface area contributed by atoms with Crippen molar-refractivity contribution in [3.8, 4) is 0 Å². The van der Waals surface area contributed by atoms with E-state index in [1.165, 1.54) is 0 Å². The summed E-state index contributed by atoms with van der Waals surface area (Å²) >= 11 is 0. The van der Waals surface area contributed by atoms with Crippen LogP contribution in [0.5, 0.6) is 0 Å². The molecule has 0 saturated carbocycles. The molecule has 2 amide bonds. The highest BCUT2D eigenvalue weighted by Crippen LogP contribution is 2.26. The number of nitrogens with zero attached hydrogens (tertiary/aromatic N) is 2. The fourth-order valence-electron chi connectivity index (χ4n) is 4.03. The number of rotatable bonds is 5. The van der Waals surface area contributed by atoms with E-state index < -0.39 is 0 Å². The molecule has 4 rings (SSSR count). The Kier molecular flexibility index (Phi) is 5.92. The molecule has 3 atom stereocenters. The lowest BCUT2D eigenvalue weighted by atomic mass is 9.96. The Hall–Kier alpha value is -2.71. The standard InChI is InChI=1S/C21H27N5O3/c1-14-6-7-19(29-14)17-10-18(25-24-17)21(28)26-9-3-4-15(13-26)11-23-20(27)16-5-2-8-22-12-16/h2,5-8,12,15,17-18,24-25H,3-4,9-11,13H2,1H3,(H,23,27). The summed E-state index contributed by atoms with van der Waals surface area (Å²) in [6, 6.07) is 7.10. The Morgan fingerprint density at radius 3 is 2.97 bits per heavy atom. The van der Waals surface area contributed by atoms with E-state index in [1.54, 1.807) is 24.5 Å². The number of amides is 2. The lowest BCUT2D eigenvalue weighted by Crippen LogP contribution is -2.50. The number of aryl methyl sites for hydroxylation is 1. The molecular weight excluding hydrogens is 370 g/mol. The van der Waals surface area contributed by atoms with Gasteiger partial charge >= 0.3 is 0 Å². The molecule has 2 fully saturated rings. The Bertz CT molecular complexity index is 853. The summed E-state index contributed by atoms with van der Waals surface area (Å²) in [5.41, 5.74) is 6.84. The zero-order chi connectivity index (χ0) is 20.2. The highest BCUT2D eigenvalue weighted by atomic mass is 16.3. The van der Waals surface area contributed by atoms with Gasteiger partial charge in [-0.25, -0.2) is 10.9 Å². The molecule has 2 saturated heterocycles. The molecule has 0 bridgehead atoms. The minimum Gasteiger partial charge on any atom is -0.465 e. The van der Waals surface area contributed by atoms with Gasteiger partial charge in [-0.2, -0.15) is 0 Å². The highest BCUT2D eigenvalue weighted by Gasteiger charge is 2.35. The van der Waals surface area contributed by atoms with Crippen LogP contribution >= 0.6 is 0 Å². The third-order valence-corrected chi connectivity index (χ3v) is 5.61. The van der Waals surface area contributed by atoms with E-state index in [2.05, 4.69) is 21.2 Å². The van der Waals surface area contributed by atoms with E-state index in [-0.39, 0.29) is 29.8 Å². The Balaban J connectivity index is 1.28. The first-order valence-corrected chi connectivity index (χ1v) is 10.1. The van der Waals surface area contributed by atoms with Gasteiger partial charge in [0, 0.05) is 32.0 Å². The molecule has 0 radical (unpaired) electrons. The van der Waals surface area contributed by atoms with Crippen molar-refractivity contribution in [3.63, 3.8) is 0 Å². The van der Waals surface area contributed by atoms with Crippen molar-refractivity contribution in [2.75, 3.05) is 19.6 Å². The van der Waals surface area contributed by atoms with Gasteiger partial charge in [0.2, 0.25) is 5.91 Å². The van der Waals surface area contributed by atoms with Gasteiger partial charge in [0.05, 0.1) is 11.6 Å². The van der Waals surface area contributed by atoms with E-state index in [9.17, 15) is 9.59 Å². The molecule has 0 spiro atoms. The maximum atomic E-state index is 13.0. The van der Waals surface area contributed by atoms with E-state index in [1.807, 2.05) is 24.0 Å². The molecule has 4 heterocycles. The van der Waals surface area contributed by atoms with E-state index in [0.717, 1.165) is 30.9 Å². The maximum absolute atomic E-state index is 13.0. The Morgan fingerprint density at radius 1 is 1.31 bits per heavy atom. The number of carbonyl (C=O) groups is 2. The molecule has 2 aliphatic heterocycles. The van der Waals surface area contributed by atoms with Crippen molar-refractivity contribution in [2.45, 2.75) is 38.3 Å². The lowest BCUT2D eigenvalue weighted by Gasteiger charge is -2.34. The summed E-state index contributed by atoms with van der Waals surface area (Å²) in [6.45, 7) is 3.89. The minimum absolute atomic E-state index is 0.00277. The summed E-state index contributed by atoms with van der Waals surface area (Å²) < 4.78 is 5.68. The second kappa shape index (κ2) is 8.75. The summed E-state index contributed by atoms with van der Waals surface area (Å²) in [5.74, 6) is 1.95. The molecule has 154 valence electrons. The van der Waals surface area contributed by atoms with Crippen molar-refractivity contribution < 1.29 is 14.0 Å². The van der Waals surface area contributed by atoms with Crippen LogP contribution in [0.3, 0.4) is 0 Å². The van der Waals surface area contributed by atoms with Gasteiger partial charge in [-0.1, -0.05) is 0 Å². The zero-order valence-electron chi connectivity index (χ0n) is 16.6. The highest BCUT2D eigenvalue weighted by molar-refractivity contribution is 5.93. The summed E-state index contributed by atoms with van der Waals surface area (Å²) in [5, 5.41) is 2.97. The van der Waals surface area contributed by atoms with Crippen LogP contribution in [-0.2, 0) is 4.79 Å². The summed E-state index contributed by atoms with van der Waals surface area (Å²) in [4.78, 5) is 31.1. The number of pyridine rings is 1. The van der Waals surface area contributed by atoms with Crippen LogP contribution in [0.25, 0.3) is 0 Å². The van der Waals surface area contributed by atoms with Gasteiger partial charge in [0.1, 0.15) is 17.6 Å². The molecule has 3 N–H and O–H groups in total. The van der Waals surface area contributed by atoms with Crippen LogP contribution in [-0.4, -0.2) is 47.4 Å². The minimum atomic E-state index is -0.269. The molecule has 3 unspecified atom stereocenters. The number of furan rings is 1. The quantitative estimate of drug-likeness (QED) is 0.708. The molecule has 0 aliphatic carbocycles. The predicted molar refractivity (Wildman–Crippen MR) is 107 cm³/mol. The molecule has 29 heavy (non-hydrogen) atoms. The van der Waals surface area contributed by atoms with Gasteiger partial charge in [-0.3, -0.25) is 14.6 Å². The van der Waals surface area contributed by atoms with Crippen LogP contribution in [0, 0.1) is 12.8 Å². The van der Waals surface area contributed by atoms with Crippen molar-refractivity contribution in [2.24, 2.45) is 5.92 Å². The van der Waals surface area contributed by atoms with E-state index >= 15 is 0 Å². The molecule has 2 aromatic rings. The first kappa shape index (κ1) is 19.6. The maximum Gasteiger partial charge on any atom is 0.252 e. The van der Waals surface area contributed by atoms with Crippen LogP contribution in [0.2, 0.25) is 0 Å². The number of hydrazine groups is 1. The van der Waals surface area contributed by atoms with Crippen molar-refractivity contribution >= 4 is 11.8 Å². The summed E-state index contributed by atoms with van der Waals surface area (Å²) in [6.07, 6.45) is 5.80. The lowest BCUT2D eigenvalue weighted by molar-refractivity contribution is -0.135. The number of aromatic nitrogens is 1. The molecule has 8 heteroatoms. The largest absolute Gasteiger partial charge is 0.465 e. The van der Waals surface area contributed by atoms with Gasteiger partial charge < -0.3 is 14.6 Å². The number of hydrogen-bond donors (Lipinski definition) is 3. The normalized spacial score (nSPS) is 24.4. The van der Waals surface area contributed by atoms with Crippen molar-refractivity contribution in [1.82, 2.24) is 26.1 Å². The second-order valence-electron chi connectivity index (χ2n) is 7.82. The van der Waals surface area contributed by atoms with Crippen LogP contribution in [0.4, 0.5) is 0 Å². The monoisotopic (exact) mass is 397 g/mol. The third-order valence-electron chi connectivity index (χ3n) is 5.61. The third kappa shape index (κ3) is 4.65. The first-order valence-electron chi connectivity index (χ1n) is 10.1. The number of hydrogen-bond acceptors (Lipinski definition) is 6. The number of carbonyl (C=O) groups excluding carboxylic acids is 2. The molecule has 2 aromatic heterocycles. The number of nitrogens with one attached hydrogen (secondary N) is 3. The summed E-state index contributed by atoms with van der Waals surface area (Å²) in [7, 11) is 0. The zero-order valence-corrected chi connectivity index (χ0v) is 16.6. The smallest absolute Gasteiger partial charge is 0.252 e. The fraction of sp³-hybridized carbons (Fsp3) is 0.476. The second-order valence-corrected chi connectivity index (χ2v) is 7.82. The van der Waals surface area contributed by atoms with Crippen molar-refractivity contribution in [3.05, 3.63) is 53.7 Å². The van der Waals surface area contributed by atoms with Gasteiger partial charge in [-0.05, 0) is 56.4 Å². The van der Waals surface area contributed by atoms with E-state index in [4.69, 9.17) is 4.42 Å². The SMILES string of the molecule is Cc1ccc(C2CC(C(=O)N3CCCC(CNC(=O)c4cccnc4)C3)NN2)o1. The molecule has 0 aromatic carbocycles. The van der Waals surface area contributed by atoms with Crippen LogP contribution in [0.15, 0.2) is 41.1 Å². The van der Waals surface area contributed by atoms with Gasteiger partial charge in [0.25, 0.3) is 5.91 Å². The van der Waals surface area contributed by atoms with Crippen molar-refractivity contribution in [1.29, 1.82) is 0 Å². The number of likely N-dealkylation sites (tertiary alicyclic amines) is 1. The molecular formula is C21H27N5O3. The average Bonchev–Trinajstić information content (AvgIpc) is 3.41. The predicted octanol–water partition coefficient (Wildman–Crippen LogP) is 1.56. The van der Waals surface area contributed by atoms with Crippen LogP contribution in [0.1, 0.15) is 47.2 Å². The Morgan fingerprint density at radius 2 is 2.21 bits per heavy atom. The topological polar surface area (TPSA) is 99.5 Å². The van der Waals surface area contributed by atoms with Gasteiger partial charge in [0.15, 0.2) is 0 Å².